The van der Waals surface area contributed by atoms with Gasteiger partial charge in [-0.3, -0.25) is 4.98 Å². The number of benzene rings is 1. The molecule has 1 aromatic carbocycles. The molecular weight excluding hydrogens is 148 g/mol. The van der Waals surface area contributed by atoms with Gasteiger partial charge in [-0.25, -0.2) is 0 Å². The van der Waals surface area contributed by atoms with Crippen molar-refractivity contribution in [2.75, 3.05) is 0 Å². The summed E-state index contributed by atoms with van der Waals surface area (Å²) in [6.07, 6.45) is 1.64. The Morgan fingerprint density at radius 1 is 1.42 bits per heavy atom. The van der Waals surface area contributed by atoms with Crippen molar-refractivity contribution in [3.8, 4) is 6.07 Å². The molecule has 1 aromatic heterocycles. The van der Waals surface area contributed by atoms with Gasteiger partial charge in [-0.2, -0.15) is 5.26 Å². The number of aromatic nitrogens is 1. The van der Waals surface area contributed by atoms with Crippen molar-refractivity contribution in [3.63, 3.8) is 0 Å². The van der Waals surface area contributed by atoms with E-state index in [4.69, 9.17) is 5.26 Å². The first-order valence-electron chi connectivity index (χ1n) is 3.57. The van der Waals surface area contributed by atoms with Crippen LogP contribution in [0.15, 0.2) is 30.5 Å². The minimum atomic E-state index is 0.601. The maximum Gasteiger partial charge on any atom is 0.101 e. The van der Waals surface area contributed by atoms with Crippen LogP contribution in [0.25, 0.3) is 10.9 Å². The van der Waals surface area contributed by atoms with E-state index in [2.05, 4.69) is 17.1 Å². The molecule has 0 fully saturated rings. The highest BCUT2D eigenvalue weighted by molar-refractivity contribution is 5.83. The summed E-state index contributed by atoms with van der Waals surface area (Å²) in [4.78, 5) is 4.10. The number of nitrogens with zero attached hydrogens (tertiary/aromatic N) is 2. The van der Waals surface area contributed by atoms with Crippen molar-refractivity contribution in [3.05, 3.63) is 42.1 Å². The molecule has 2 aromatic rings. The highest BCUT2D eigenvalue weighted by atomic mass is 14.6. The highest BCUT2D eigenvalue weighted by Gasteiger charge is 1.98. The minimum Gasteiger partial charge on any atom is -0.255 e. The Morgan fingerprint density at radius 2 is 2.33 bits per heavy atom. The van der Waals surface area contributed by atoms with Crippen molar-refractivity contribution in [1.29, 1.82) is 5.26 Å². The number of para-hydroxylation sites is 1. The van der Waals surface area contributed by atoms with Gasteiger partial charge in [-0.05, 0) is 18.2 Å². The third kappa shape index (κ3) is 0.923. The Balaban J connectivity index is 2.91. The zero-order valence-electron chi connectivity index (χ0n) is 6.28. The Bertz CT molecular complexity index is 449. The molecule has 0 bridgehead atoms. The van der Waals surface area contributed by atoms with Gasteiger partial charge in [0.1, 0.15) is 6.07 Å². The quantitative estimate of drug-likeness (QED) is 0.579. The molecule has 0 unspecified atom stereocenters. The fourth-order valence-corrected chi connectivity index (χ4v) is 1.13. The molecule has 0 N–H and O–H groups in total. The predicted octanol–water partition coefficient (Wildman–Crippen LogP) is 1.91. The summed E-state index contributed by atoms with van der Waals surface area (Å²) in [6, 6.07) is 12.3. The van der Waals surface area contributed by atoms with Crippen LogP contribution in [0.1, 0.15) is 5.56 Å². The first-order valence-corrected chi connectivity index (χ1v) is 3.57. The molecule has 2 heteroatoms. The molecule has 0 spiro atoms. The lowest BCUT2D eigenvalue weighted by atomic mass is 10.1. The average molecular weight is 153 g/mol. The number of rotatable bonds is 0. The van der Waals surface area contributed by atoms with Gasteiger partial charge in [0.05, 0.1) is 11.1 Å². The lowest BCUT2D eigenvalue weighted by Gasteiger charge is -1.95. The van der Waals surface area contributed by atoms with Crippen LogP contribution in [0.2, 0.25) is 0 Å². The molecular formula is C10H5N2. The zero-order valence-corrected chi connectivity index (χ0v) is 6.28. The fraction of sp³-hybridized carbons (Fsp3) is 0. The van der Waals surface area contributed by atoms with Gasteiger partial charge in [0, 0.05) is 11.6 Å². The molecule has 1 radical (unpaired) electrons. The van der Waals surface area contributed by atoms with Crippen LogP contribution in [0.4, 0.5) is 0 Å². The number of pyridine rings is 1. The second kappa shape index (κ2) is 2.63. The summed E-state index contributed by atoms with van der Waals surface area (Å²) in [5, 5.41) is 9.62. The van der Waals surface area contributed by atoms with Gasteiger partial charge in [-0.15, -0.1) is 0 Å². The van der Waals surface area contributed by atoms with Crippen LogP contribution in [0, 0.1) is 17.4 Å². The molecule has 12 heavy (non-hydrogen) atoms. The lowest BCUT2D eigenvalue weighted by Crippen LogP contribution is -1.82. The van der Waals surface area contributed by atoms with Crippen molar-refractivity contribution >= 4 is 10.9 Å². The molecule has 2 nitrogen and oxygen atoms in total. The number of hydrogen-bond acceptors (Lipinski definition) is 2. The summed E-state index contributed by atoms with van der Waals surface area (Å²) >= 11 is 0. The van der Waals surface area contributed by atoms with Crippen molar-refractivity contribution in [2.24, 2.45) is 0 Å². The molecule has 0 amide bonds. The van der Waals surface area contributed by atoms with Crippen LogP contribution in [-0.4, -0.2) is 4.98 Å². The van der Waals surface area contributed by atoms with Crippen LogP contribution >= 0.6 is 0 Å². The lowest BCUT2D eigenvalue weighted by molar-refractivity contribution is 1.39. The van der Waals surface area contributed by atoms with E-state index in [1.54, 1.807) is 18.3 Å². The molecule has 0 saturated carbocycles. The average Bonchev–Trinajstić information content (AvgIpc) is 2.17. The molecule has 0 aliphatic carbocycles. The first-order chi connectivity index (χ1) is 5.92. The third-order valence-corrected chi connectivity index (χ3v) is 1.67. The van der Waals surface area contributed by atoms with E-state index in [9.17, 15) is 0 Å². The summed E-state index contributed by atoms with van der Waals surface area (Å²) in [5.74, 6) is 0. The Hall–Kier alpha value is -1.88. The zero-order chi connectivity index (χ0) is 8.39. The van der Waals surface area contributed by atoms with Gasteiger partial charge >= 0.3 is 0 Å². The van der Waals surface area contributed by atoms with Gasteiger partial charge in [0.25, 0.3) is 0 Å². The second-order valence-corrected chi connectivity index (χ2v) is 2.40. The molecule has 55 valence electrons. The Labute approximate surface area is 70.1 Å². The van der Waals surface area contributed by atoms with Gasteiger partial charge in [-0.1, -0.05) is 12.1 Å². The fourth-order valence-electron chi connectivity index (χ4n) is 1.13. The van der Waals surface area contributed by atoms with E-state index in [1.165, 1.54) is 0 Å². The number of fused-ring (bicyclic) bond motifs is 1. The first kappa shape index (κ1) is 6.81. The summed E-state index contributed by atoms with van der Waals surface area (Å²) in [5.41, 5.74) is 1.33. The van der Waals surface area contributed by atoms with Gasteiger partial charge in [0.15, 0.2) is 0 Å². The van der Waals surface area contributed by atoms with E-state index in [0.29, 0.717) is 5.56 Å². The molecule has 0 atom stereocenters. The van der Waals surface area contributed by atoms with Crippen LogP contribution in [0.5, 0.6) is 0 Å². The van der Waals surface area contributed by atoms with Crippen LogP contribution in [0.3, 0.4) is 0 Å². The number of hydrogen-bond donors (Lipinski definition) is 0. The molecule has 0 aliphatic heterocycles. The Morgan fingerprint density at radius 3 is 3.17 bits per heavy atom. The van der Waals surface area contributed by atoms with E-state index in [1.807, 2.05) is 12.1 Å². The SMILES string of the molecule is N#Cc1cccc2[c]ccnc12. The second-order valence-electron chi connectivity index (χ2n) is 2.40. The molecule has 2 rings (SSSR count). The largest absolute Gasteiger partial charge is 0.255 e. The maximum absolute atomic E-state index is 8.73. The summed E-state index contributed by atoms with van der Waals surface area (Å²) in [7, 11) is 0. The molecule has 1 heterocycles. The Kier molecular flexibility index (Phi) is 1.49. The minimum absolute atomic E-state index is 0.601. The number of nitriles is 1. The van der Waals surface area contributed by atoms with Gasteiger partial charge in [0.2, 0.25) is 0 Å². The predicted molar refractivity (Wildman–Crippen MR) is 45.3 cm³/mol. The highest BCUT2D eigenvalue weighted by Crippen LogP contribution is 2.13. The van der Waals surface area contributed by atoms with Crippen LogP contribution < -0.4 is 0 Å². The van der Waals surface area contributed by atoms with E-state index < -0.39 is 0 Å². The normalized spacial score (nSPS) is 9.58. The summed E-state index contributed by atoms with van der Waals surface area (Å²) < 4.78 is 0. The molecule has 0 saturated heterocycles. The monoisotopic (exact) mass is 153 g/mol. The van der Waals surface area contributed by atoms with Crippen molar-refractivity contribution < 1.29 is 0 Å². The van der Waals surface area contributed by atoms with Crippen molar-refractivity contribution in [2.45, 2.75) is 0 Å². The third-order valence-electron chi connectivity index (χ3n) is 1.67. The summed E-state index contributed by atoms with van der Waals surface area (Å²) in [6.45, 7) is 0. The van der Waals surface area contributed by atoms with E-state index in [0.717, 1.165) is 10.9 Å². The van der Waals surface area contributed by atoms with E-state index >= 15 is 0 Å². The van der Waals surface area contributed by atoms with Gasteiger partial charge < -0.3 is 0 Å². The topological polar surface area (TPSA) is 36.7 Å². The van der Waals surface area contributed by atoms with E-state index in [-0.39, 0.29) is 0 Å². The maximum atomic E-state index is 8.73. The smallest absolute Gasteiger partial charge is 0.101 e. The molecule has 0 aliphatic rings. The van der Waals surface area contributed by atoms with Crippen LogP contribution in [-0.2, 0) is 0 Å². The standard InChI is InChI=1S/C10H5N2/c11-7-9-4-1-3-8-5-2-6-12-10(8)9/h1-4,6H. The van der Waals surface area contributed by atoms with Crippen molar-refractivity contribution in [1.82, 2.24) is 4.98 Å².